The van der Waals surface area contributed by atoms with Crippen molar-refractivity contribution in [1.29, 1.82) is 0 Å². The van der Waals surface area contributed by atoms with Gasteiger partial charge in [0.2, 0.25) is 0 Å². The van der Waals surface area contributed by atoms with E-state index in [2.05, 4.69) is 34.8 Å². The standard InChI is InChI=1S/C18H17FN2S/c1-2-3-16-14-8-11(4-7-18(14)22-21-16)15-10-20-17-9-12(19)5-6-13(15)17/h4-10,16,20-21H,2-3H2,1H3. The molecule has 1 atom stereocenters. The van der Waals surface area contributed by atoms with Crippen LogP contribution in [0.2, 0.25) is 0 Å². The van der Waals surface area contributed by atoms with Gasteiger partial charge in [-0.1, -0.05) is 19.4 Å². The predicted molar refractivity (Wildman–Crippen MR) is 90.3 cm³/mol. The third kappa shape index (κ3) is 2.23. The molecule has 112 valence electrons. The molecule has 0 amide bonds. The smallest absolute Gasteiger partial charge is 0.125 e. The van der Waals surface area contributed by atoms with Crippen LogP contribution in [0.5, 0.6) is 0 Å². The van der Waals surface area contributed by atoms with E-state index in [-0.39, 0.29) is 5.82 Å². The second-order valence-electron chi connectivity index (χ2n) is 5.71. The second kappa shape index (κ2) is 5.45. The molecule has 2 heterocycles. The molecule has 2 aromatic carbocycles. The van der Waals surface area contributed by atoms with Gasteiger partial charge in [0.15, 0.2) is 0 Å². The Hall–Kier alpha value is -1.78. The molecule has 22 heavy (non-hydrogen) atoms. The van der Waals surface area contributed by atoms with E-state index in [0.29, 0.717) is 6.04 Å². The van der Waals surface area contributed by atoms with Crippen LogP contribution in [0, 0.1) is 5.82 Å². The van der Waals surface area contributed by atoms with Crippen LogP contribution in [0.25, 0.3) is 22.0 Å². The first-order chi connectivity index (χ1) is 10.8. The fraction of sp³-hybridized carbons (Fsp3) is 0.222. The Kier molecular flexibility index (Phi) is 3.43. The Bertz CT molecular complexity index is 838. The molecule has 4 heteroatoms. The van der Waals surface area contributed by atoms with Crippen LogP contribution >= 0.6 is 11.9 Å². The summed E-state index contributed by atoms with van der Waals surface area (Å²) in [5.74, 6) is -0.210. The number of nitrogens with one attached hydrogen (secondary N) is 2. The molecular formula is C18H17FN2S. The Morgan fingerprint density at radius 3 is 2.95 bits per heavy atom. The van der Waals surface area contributed by atoms with Crippen molar-refractivity contribution in [2.24, 2.45) is 0 Å². The Labute approximate surface area is 133 Å². The van der Waals surface area contributed by atoms with Crippen LogP contribution in [0.1, 0.15) is 31.4 Å². The van der Waals surface area contributed by atoms with E-state index in [9.17, 15) is 4.39 Å². The first-order valence-electron chi connectivity index (χ1n) is 7.59. The number of halogens is 1. The van der Waals surface area contributed by atoms with Crippen molar-refractivity contribution in [2.75, 3.05) is 0 Å². The molecule has 0 aliphatic carbocycles. The third-order valence-electron chi connectivity index (χ3n) is 4.23. The maximum Gasteiger partial charge on any atom is 0.125 e. The van der Waals surface area contributed by atoms with Gasteiger partial charge in [-0.3, -0.25) is 4.72 Å². The zero-order valence-corrected chi connectivity index (χ0v) is 13.1. The Morgan fingerprint density at radius 2 is 2.09 bits per heavy atom. The van der Waals surface area contributed by atoms with Crippen molar-refractivity contribution < 1.29 is 4.39 Å². The minimum Gasteiger partial charge on any atom is -0.360 e. The molecule has 1 unspecified atom stereocenters. The number of rotatable bonds is 3. The topological polar surface area (TPSA) is 27.8 Å². The second-order valence-corrected chi connectivity index (χ2v) is 6.59. The van der Waals surface area contributed by atoms with Gasteiger partial charge in [0.05, 0.1) is 0 Å². The van der Waals surface area contributed by atoms with Gasteiger partial charge in [-0.2, -0.15) is 0 Å². The number of benzene rings is 2. The van der Waals surface area contributed by atoms with Crippen molar-refractivity contribution in [3.63, 3.8) is 0 Å². The van der Waals surface area contributed by atoms with Gasteiger partial charge in [-0.05, 0) is 59.8 Å². The maximum atomic E-state index is 13.3. The van der Waals surface area contributed by atoms with Crippen LogP contribution in [-0.2, 0) is 0 Å². The highest BCUT2D eigenvalue weighted by molar-refractivity contribution is 7.97. The van der Waals surface area contributed by atoms with E-state index in [1.54, 1.807) is 18.0 Å². The summed E-state index contributed by atoms with van der Waals surface area (Å²) in [6.45, 7) is 2.21. The molecular weight excluding hydrogens is 295 g/mol. The predicted octanol–water partition coefficient (Wildman–Crippen LogP) is 5.43. The molecule has 3 aromatic rings. The third-order valence-corrected chi connectivity index (χ3v) is 5.22. The number of fused-ring (bicyclic) bond motifs is 2. The fourth-order valence-electron chi connectivity index (χ4n) is 3.12. The zero-order valence-electron chi connectivity index (χ0n) is 12.3. The molecule has 0 bridgehead atoms. The van der Waals surface area contributed by atoms with Gasteiger partial charge >= 0.3 is 0 Å². The van der Waals surface area contributed by atoms with Gasteiger partial charge in [0.1, 0.15) is 5.82 Å². The van der Waals surface area contributed by atoms with Gasteiger partial charge in [-0.25, -0.2) is 4.39 Å². The summed E-state index contributed by atoms with van der Waals surface area (Å²) >= 11 is 1.72. The van der Waals surface area contributed by atoms with E-state index in [0.717, 1.165) is 29.3 Å². The lowest BCUT2D eigenvalue weighted by Gasteiger charge is -2.10. The minimum atomic E-state index is -0.210. The first kappa shape index (κ1) is 13.9. The summed E-state index contributed by atoms with van der Waals surface area (Å²) < 4.78 is 16.8. The van der Waals surface area contributed by atoms with Crippen LogP contribution < -0.4 is 4.72 Å². The molecule has 0 saturated heterocycles. The van der Waals surface area contributed by atoms with Crippen molar-refractivity contribution in [2.45, 2.75) is 30.7 Å². The van der Waals surface area contributed by atoms with Gasteiger partial charge in [0, 0.05) is 33.6 Å². The SMILES string of the molecule is CCCC1NSc2ccc(-c3c[nH]c4cc(F)ccc34)cc21. The minimum absolute atomic E-state index is 0.210. The highest BCUT2D eigenvalue weighted by atomic mass is 32.2. The molecule has 2 N–H and O–H groups in total. The summed E-state index contributed by atoms with van der Waals surface area (Å²) in [5.41, 5.74) is 4.53. The average Bonchev–Trinajstić information content (AvgIpc) is 3.11. The summed E-state index contributed by atoms with van der Waals surface area (Å²) in [6.07, 6.45) is 4.27. The summed E-state index contributed by atoms with van der Waals surface area (Å²) in [5, 5.41) is 1.06. The van der Waals surface area contributed by atoms with Crippen LogP contribution in [0.4, 0.5) is 4.39 Å². The summed E-state index contributed by atoms with van der Waals surface area (Å²) in [4.78, 5) is 4.48. The molecule has 2 nitrogen and oxygen atoms in total. The lowest BCUT2D eigenvalue weighted by atomic mass is 9.97. The normalized spacial score (nSPS) is 17.1. The number of hydrogen-bond acceptors (Lipinski definition) is 2. The maximum absolute atomic E-state index is 13.3. The average molecular weight is 312 g/mol. The lowest BCUT2D eigenvalue weighted by molar-refractivity contribution is 0.609. The van der Waals surface area contributed by atoms with Crippen LogP contribution in [0.15, 0.2) is 47.5 Å². The molecule has 1 aliphatic heterocycles. The van der Waals surface area contributed by atoms with Gasteiger partial charge in [-0.15, -0.1) is 0 Å². The van der Waals surface area contributed by atoms with E-state index in [4.69, 9.17) is 0 Å². The van der Waals surface area contributed by atoms with Crippen LogP contribution in [-0.4, -0.2) is 4.98 Å². The molecule has 0 saturated carbocycles. The first-order valence-corrected chi connectivity index (χ1v) is 8.41. The molecule has 1 aromatic heterocycles. The highest BCUT2D eigenvalue weighted by Crippen LogP contribution is 2.40. The van der Waals surface area contributed by atoms with E-state index < -0.39 is 0 Å². The molecule has 0 radical (unpaired) electrons. The Balaban J connectivity index is 1.81. The monoisotopic (exact) mass is 312 g/mol. The number of hydrogen-bond donors (Lipinski definition) is 2. The lowest BCUT2D eigenvalue weighted by Crippen LogP contribution is -2.06. The van der Waals surface area contributed by atoms with Crippen LogP contribution in [0.3, 0.4) is 0 Å². The van der Waals surface area contributed by atoms with Gasteiger partial charge < -0.3 is 4.98 Å². The largest absolute Gasteiger partial charge is 0.360 e. The van der Waals surface area contributed by atoms with E-state index in [1.165, 1.54) is 22.1 Å². The van der Waals surface area contributed by atoms with Crippen molar-refractivity contribution in [3.05, 3.63) is 54.0 Å². The van der Waals surface area contributed by atoms with E-state index in [1.807, 2.05) is 12.3 Å². The zero-order chi connectivity index (χ0) is 15.1. The summed E-state index contributed by atoms with van der Waals surface area (Å²) in [6, 6.07) is 11.9. The number of H-pyrrole nitrogens is 1. The Morgan fingerprint density at radius 1 is 1.18 bits per heavy atom. The molecule has 0 fully saturated rings. The fourth-order valence-corrected chi connectivity index (χ4v) is 4.09. The highest BCUT2D eigenvalue weighted by Gasteiger charge is 2.22. The quantitative estimate of drug-likeness (QED) is 0.631. The summed E-state index contributed by atoms with van der Waals surface area (Å²) in [7, 11) is 0. The number of aromatic nitrogens is 1. The number of aromatic amines is 1. The van der Waals surface area contributed by atoms with Crippen molar-refractivity contribution in [1.82, 2.24) is 9.71 Å². The molecule has 4 rings (SSSR count). The molecule has 0 spiro atoms. The van der Waals surface area contributed by atoms with Crippen molar-refractivity contribution in [3.8, 4) is 11.1 Å². The van der Waals surface area contributed by atoms with Gasteiger partial charge in [0.25, 0.3) is 0 Å². The van der Waals surface area contributed by atoms with E-state index >= 15 is 0 Å². The molecule has 1 aliphatic rings. The van der Waals surface area contributed by atoms with Crippen molar-refractivity contribution >= 4 is 22.9 Å².